The molecule has 0 aliphatic carbocycles. The van der Waals surface area contributed by atoms with Gasteiger partial charge in [-0.05, 0) is 0 Å². The number of anilines is 1. The van der Waals surface area contributed by atoms with Crippen LogP contribution >= 0.6 is 0 Å². The van der Waals surface area contributed by atoms with E-state index in [-0.39, 0.29) is 11.7 Å². The molecule has 4 heterocycles. The maximum Gasteiger partial charge on any atom is 0.293 e. The zero-order valence-electron chi connectivity index (χ0n) is 14.6. The van der Waals surface area contributed by atoms with Crippen LogP contribution in [0.1, 0.15) is 5.69 Å². The second-order valence-corrected chi connectivity index (χ2v) is 6.35. The van der Waals surface area contributed by atoms with Crippen molar-refractivity contribution < 1.29 is 4.74 Å². The predicted molar refractivity (Wildman–Crippen MR) is 96.0 cm³/mol. The number of nitrogens with one attached hydrogen (secondary N) is 1. The number of fused-ring (bicyclic) bond motifs is 1. The summed E-state index contributed by atoms with van der Waals surface area (Å²) in [4.78, 5) is 26.9. The summed E-state index contributed by atoms with van der Waals surface area (Å²) in [5.74, 6) is 0.352. The SMILES string of the molecule is Cn1ccnc(NC[C@H]2CN(Cc3cnc4cnccn34)CCO2)c1=O. The summed E-state index contributed by atoms with van der Waals surface area (Å²) in [6.45, 7) is 3.62. The maximum atomic E-state index is 12.0. The molecular formula is C17H21N7O2. The van der Waals surface area contributed by atoms with E-state index in [9.17, 15) is 4.79 Å². The second-order valence-electron chi connectivity index (χ2n) is 6.35. The second kappa shape index (κ2) is 7.22. The molecule has 26 heavy (non-hydrogen) atoms. The number of nitrogens with zero attached hydrogens (tertiary/aromatic N) is 6. The Kier molecular flexibility index (Phi) is 4.63. The Morgan fingerprint density at radius 1 is 1.27 bits per heavy atom. The standard InChI is InChI=1S/C17H21N7O2/c1-22-4-3-19-16(17(22)25)21-9-14-12-23(6-7-26-14)11-13-8-20-15-10-18-2-5-24(13)15/h2-5,8,10,14H,6-7,9,11-12H2,1H3,(H,19,21)/t14-/m0/s1. The summed E-state index contributed by atoms with van der Waals surface area (Å²) >= 11 is 0. The van der Waals surface area contributed by atoms with Crippen LogP contribution in [0.5, 0.6) is 0 Å². The van der Waals surface area contributed by atoms with Gasteiger partial charge < -0.3 is 14.6 Å². The number of hydrogen-bond donors (Lipinski definition) is 1. The van der Waals surface area contributed by atoms with Crippen molar-refractivity contribution in [1.29, 1.82) is 0 Å². The molecule has 0 bridgehead atoms. The van der Waals surface area contributed by atoms with Gasteiger partial charge in [-0.2, -0.15) is 0 Å². The molecule has 9 nitrogen and oxygen atoms in total. The van der Waals surface area contributed by atoms with Gasteiger partial charge in [0.2, 0.25) is 0 Å². The normalized spacial score (nSPS) is 18.3. The fourth-order valence-corrected chi connectivity index (χ4v) is 3.12. The van der Waals surface area contributed by atoms with Crippen LogP contribution in [-0.4, -0.2) is 61.2 Å². The van der Waals surface area contributed by atoms with Gasteiger partial charge in [0.1, 0.15) is 0 Å². The van der Waals surface area contributed by atoms with Crippen LogP contribution in [0.15, 0.2) is 42.0 Å². The molecule has 1 aliphatic rings. The van der Waals surface area contributed by atoms with E-state index in [0.717, 1.165) is 31.0 Å². The lowest BCUT2D eigenvalue weighted by atomic mass is 10.2. The number of aromatic nitrogens is 5. The smallest absolute Gasteiger partial charge is 0.293 e. The minimum atomic E-state index is -0.139. The van der Waals surface area contributed by atoms with E-state index in [0.29, 0.717) is 19.0 Å². The first kappa shape index (κ1) is 16.7. The Bertz CT molecular complexity index is 951. The van der Waals surface area contributed by atoms with Crippen LogP contribution in [0.2, 0.25) is 0 Å². The summed E-state index contributed by atoms with van der Waals surface area (Å²) in [7, 11) is 1.71. The first-order chi connectivity index (χ1) is 12.7. The van der Waals surface area contributed by atoms with Gasteiger partial charge in [0.25, 0.3) is 5.56 Å². The molecule has 1 atom stereocenters. The summed E-state index contributed by atoms with van der Waals surface area (Å²) < 4.78 is 9.39. The van der Waals surface area contributed by atoms with Crippen molar-refractivity contribution in [2.45, 2.75) is 12.6 Å². The zero-order chi connectivity index (χ0) is 17.9. The molecule has 0 amide bonds. The number of aryl methyl sites for hydroxylation is 1. The van der Waals surface area contributed by atoms with Gasteiger partial charge in [0.05, 0.1) is 30.8 Å². The minimum absolute atomic E-state index is 0.00341. The molecule has 1 N–H and O–H groups in total. The molecule has 1 saturated heterocycles. The van der Waals surface area contributed by atoms with Crippen molar-refractivity contribution in [3.63, 3.8) is 0 Å². The van der Waals surface area contributed by atoms with E-state index in [1.54, 1.807) is 31.8 Å². The lowest BCUT2D eigenvalue weighted by molar-refractivity contribution is -0.0245. The maximum absolute atomic E-state index is 12.0. The summed E-state index contributed by atoms with van der Waals surface area (Å²) in [6.07, 6.45) is 10.6. The van der Waals surface area contributed by atoms with Crippen LogP contribution in [0.4, 0.5) is 5.82 Å². The van der Waals surface area contributed by atoms with E-state index in [2.05, 4.69) is 25.2 Å². The summed E-state index contributed by atoms with van der Waals surface area (Å²) in [5.41, 5.74) is 1.83. The molecule has 0 unspecified atom stereocenters. The Morgan fingerprint density at radius 3 is 3.12 bits per heavy atom. The van der Waals surface area contributed by atoms with Crippen molar-refractivity contribution in [3.8, 4) is 0 Å². The van der Waals surface area contributed by atoms with Crippen molar-refractivity contribution in [1.82, 2.24) is 28.8 Å². The van der Waals surface area contributed by atoms with Crippen molar-refractivity contribution >= 4 is 11.5 Å². The van der Waals surface area contributed by atoms with Crippen molar-refractivity contribution in [2.75, 3.05) is 31.6 Å². The molecule has 0 saturated carbocycles. The number of rotatable bonds is 5. The van der Waals surface area contributed by atoms with Crippen LogP contribution in [0, 0.1) is 0 Å². The van der Waals surface area contributed by atoms with Gasteiger partial charge in [-0.3, -0.25) is 19.1 Å². The molecular weight excluding hydrogens is 334 g/mol. The van der Waals surface area contributed by atoms with E-state index in [1.165, 1.54) is 4.57 Å². The van der Waals surface area contributed by atoms with E-state index < -0.39 is 0 Å². The highest BCUT2D eigenvalue weighted by Crippen LogP contribution is 2.12. The average molecular weight is 355 g/mol. The molecule has 1 fully saturated rings. The number of ether oxygens (including phenoxy) is 1. The fourth-order valence-electron chi connectivity index (χ4n) is 3.12. The van der Waals surface area contributed by atoms with Crippen LogP contribution < -0.4 is 10.9 Å². The van der Waals surface area contributed by atoms with Crippen molar-refractivity contribution in [2.24, 2.45) is 7.05 Å². The Hall–Kier alpha value is -2.78. The highest BCUT2D eigenvalue weighted by Gasteiger charge is 2.22. The largest absolute Gasteiger partial charge is 0.374 e. The van der Waals surface area contributed by atoms with Gasteiger partial charge in [0, 0.05) is 58.0 Å². The quantitative estimate of drug-likeness (QED) is 0.696. The van der Waals surface area contributed by atoms with Gasteiger partial charge in [-0.25, -0.2) is 9.97 Å². The van der Waals surface area contributed by atoms with E-state index >= 15 is 0 Å². The molecule has 136 valence electrons. The minimum Gasteiger partial charge on any atom is -0.374 e. The Balaban J connectivity index is 1.38. The number of imidazole rings is 1. The van der Waals surface area contributed by atoms with Crippen LogP contribution in [0.25, 0.3) is 5.65 Å². The monoisotopic (exact) mass is 355 g/mol. The van der Waals surface area contributed by atoms with Crippen molar-refractivity contribution in [3.05, 3.63) is 53.2 Å². The van der Waals surface area contributed by atoms with E-state index in [4.69, 9.17) is 4.74 Å². The topological polar surface area (TPSA) is 89.6 Å². The van der Waals surface area contributed by atoms with Gasteiger partial charge >= 0.3 is 0 Å². The molecule has 0 radical (unpaired) electrons. The molecule has 9 heteroatoms. The van der Waals surface area contributed by atoms with Gasteiger partial charge in [0.15, 0.2) is 11.5 Å². The number of morpholine rings is 1. The van der Waals surface area contributed by atoms with Crippen LogP contribution in [0.3, 0.4) is 0 Å². The molecule has 0 spiro atoms. The third-order valence-electron chi connectivity index (χ3n) is 4.52. The van der Waals surface area contributed by atoms with Gasteiger partial charge in [-0.1, -0.05) is 0 Å². The average Bonchev–Trinajstić information content (AvgIpc) is 3.06. The third kappa shape index (κ3) is 3.44. The Morgan fingerprint density at radius 2 is 2.19 bits per heavy atom. The summed E-state index contributed by atoms with van der Waals surface area (Å²) in [6, 6.07) is 0. The third-order valence-corrected chi connectivity index (χ3v) is 4.52. The molecule has 1 aliphatic heterocycles. The summed E-state index contributed by atoms with van der Waals surface area (Å²) in [5, 5.41) is 3.11. The zero-order valence-corrected chi connectivity index (χ0v) is 14.6. The number of hydrogen-bond acceptors (Lipinski definition) is 7. The van der Waals surface area contributed by atoms with Crippen LogP contribution in [-0.2, 0) is 18.3 Å². The van der Waals surface area contributed by atoms with E-state index in [1.807, 2.05) is 16.8 Å². The predicted octanol–water partition coefficient (Wildman–Crippen LogP) is 0.136. The molecule has 4 rings (SSSR count). The first-order valence-electron chi connectivity index (χ1n) is 8.56. The highest BCUT2D eigenvalue weighted by molar-refractivity contribution is 5.36. The lowest BCUT2D eigenvalue weighted by Crippen LogP contribution is -2.45. The molecule has 3 aromatic rings. The fraction of sp³-hybridized carbons (Fsp3) is 0.412. The van der Waals surface area contributed by atoms with Gasteiger partial charge in [-0.15, -0.1) is 0 Å². The lowest BCUT2D eigenvalue weighted by Gasteiger charge is -2.32. The molecule has 0 aromatic carbocycles. The highest BCUT2D eigenvalue weighted by atomic mass is 16.5. The first-order valence-corrected chi connectivity index (χ1v) is 8.56. The Labute approximate surface area is 150 Å². The molecule has 3 aromatic heterocycles.